The number of aliphatic hydroxyl groups excluding tert-OH is 1. The van der Waals surface area contributed by atoms with Gasteiger partial charge in [-0.1, -0.05) is 42.0 Å². The van der Waals surface area contributed by atoms with E-state index >= 15 is 0 Å². The first-order valence-electron chi connectivity index (χ1n) is 8.49. The first kappa shape index (κ1) is 18.7. The van der Waals surface area contributed by atoms with Gasteiger partial charge in [0, 0.05) is 17.4 Å². The number of hydrogen-bond acceptors (Lipinski definition) is 4. The molecule has 0 aromatic rings. The molecule has 0 spiro atoms. The van der Waals surface area contributed by atoms with Crippen molar-refractivity contribution in [3.63, 3.8) is 0 Å². The van der Waals surface area contributed by atoms with Crippen LogP contribution in [-0.4, -0.2) is 34.5 Å². The molecule has 1 aliphatic heterocycles. The number of ether oxygens (including phenoxy) is 1. The SMILES string of the molecule is C=C1C[C@H](O)/C=C(\C)CC[C@@H]2/C(=C/C=C/C(C)(C)O)C(=O)OC[C@@H]12. The monoisotopic (exact) mass is 332 g/mol. The molecule has 24 heavy (non-hydrogen) atoms. The highest BCUT2D eigenvalue weighted by Crippen LogP contribution is 2.38. The van der Waals surface area contributed by atoms with E-state index in [-0.39, 0.29) is 17.8 Å². The van der Waals surface area contributed by atoms with Gasteiger partial charge in [-0.05, 0) is 40.0 Å². The van der Waals surface area contributed by atoms with E-state index in [0.717, 1.165) is 24.0 Å². The van der Waals surface area contributed by atoms with E-state index in [1.54, 1.807) is 32.1 Å². The van der Waals surface area contributed by atoms with Crippen LogP contribution in [0.5, 0.6) is 0 Å². The van der Waals surface area contributed by atoms with Crippen LogP contribution in [0.3, 0.4) is 0 Å². The van der Waals surface area contributed by atoms with Gasteiger partial charge in [0.25, 0.3) is 0 Å². The van der Waals surface area contributed by atoms with Gasteiger partial charge in [-0.15, -0.1) is 0 Å². The predicted octanol–water partition coefficient (Wildman–Crippen LogP) is 3.08. The minimum Gasteiger partial charge on any atom is -0.462 e. The summed E-state index contributed by atoms with van der Waals surface area (Å²) >= 11 is 0. The second-order valence-electron chi connectivity index (χ2n) is 7.43. The Labute approximate surface area is 144 Å². The molecular formula is C20H28O4. The van der Waals surface area contributed by atoms with E-state index < -0.39 is 11.7 Å². The Morgan fingerprint density at radius 1 is 1.38 bits per heavy atom. The molecule has 0 saturated carbocycles. The Bertz CT molecular complexity index is 589. The van der Waals surface area contributed by atoms with Crippen molar-refractivity contribution in [1.29, 1.82) is 0 Å². The molecule has 1 aliphatic carbocycles. The second kappa shape index (κ2) is 7.49. The second-order valence-corrected chi connectivity index (χ2v) is 7.43. The fourth-order valence-corrected chi connectivity index (χ4v) is 3.34. The molecule has 0 aromatic heterocycles. The van der Waals surface area contributed by atoms with Gasteiger partial charge in [-0.2, -0.15) is 0 Å². The molecule has 0 amide bonds. The van der Waals surface area contributed by atoms with E-state index in [0.29, 0.717) is 18.6 Å². The highest BCUT2D eigenvalue weighted by Gasteiger charge is 2.37. The van der Waals surface area contributed by atoms with E-state index in [1.807, 2.05) is 13.0 Å². The van der Waals surface area contributed by atoms with E-state index in [9.17, 15) is 15.0 Å². The zero-order valence-corrected chi connectivity index (χ0v) is 14.8. The molecule has 132 valence electrons. The number of allylic oxidation sites excluding steroid dienone is 3. The standard InChI is InChI=1S/C20H28O4/c1-13-7-8-16-17(6-5-9-20(3,4)23)19(22)24-12-18(16)14(2)11-15(21)10-13/h5-6,9-10,15-16,18,21,23H,2,7-8,11-12H2,1,3-4H3/b9-5+,13-10+,17-6-/t15-,16-,18+/m1/s1. The van der Waals surface area contributed by atoms with Crippen molar-refractivity contribution in [2.24, 2.45) is 11.8 Å². The van der Waals surface area contributed by atoms with Crippen molar-refractivity contribution in [2.45, 2.75) is 51.7 Å². The van der Waals surface area contributed by atoms with Gasteiger partial charge in [-0.25, -0.2) is 4.79 Å². The predicted molar refractivity (Wildman–Crippen MR) is 94.2 cm³/mol. The average Bonchev–Trinajstić information content (AvgIpc) is 2.49. The van der Waals surface area contributed by atoms with Gasteiger partial charge in [0.05, 0.1) is 18.3 Å². The quantitative estimate of drug-likeness (QED) is 0.463. The maximum absolute atomic E-state index is 12.3. The molecule has 2 rings (SSSR count). The molecule has 0 radical (unpaired) electrons. The van der Waals surface area contributed by atoms with Gasteiger partial charge in [0.15, 0.2) is 0 Å². The van der Waals surface area contributed by atoms with Crippen LogP contribution in [-0.2, 0) is 9.53 Å². The highest BCUT2D eigenvalue weighted by molar-refractivity contribution is 5.90. The topological polar surface area (TPSA) is 66.8 Å². The molecule has 1 fully saturated rings. The van der Waals surface area contributed by atoms with Crippen LogP contribution >= 0.6 is 0 Å². The third-order valence-corrected chi connectivity index (χ3v) is 4.62. The maximum atomic E-state index is 12.3. The maximum Gasteiger partial charge on any atom is 0.334 e. The van der Waals surface area contributed by atoms with Gasteiger partial charge in [0.2, 0.25) is 0 Å². The number of rotatable bonds is 2. The third kappa shape index (κ3) is 4.92. The zero-order chi connectivity index (χ0) is 17.9. The summed E-state index contributed by atoms with van der Waals surface area (Å²) in [6.07, 6.45) is 8.59. The molecule has 2 aliphatic rings. The molecule has 2 N–H and O–H groups in total. The molecule has 1 heterocycles. The Balaban J connectivity index is 2.32. The normalized spacial score (nSPS) is 33.3. The largest absolute Gasteiger partial charge is 0.462 e. The first-order valence-corrected chi connectivity index (χ1v) is 8.49. The lowest BCUT2D eigenvalue weighted by Gasteiger charge is -2.34. The van der Waals surface area contributed by atoms with Crippen molar-refractivity contribution < 1.29 is 19.7 Å². The number of fused-ring (bicyclic) bond motifs is 1. The third-order valence-electron chi connectivity index (χ3n) is 4.62. The van der Waals surface area contributed by atoms with E-state index in [1.165, 1.54) is 0 Å². The number of carbonyl (C=O) groups is 1. The number of hydrogen-bond donors (Lipinski definition) is 2. The lowest BCUT2D eigenvalue weighted by molar-refractivity contribution is -0.144. The lowest BCUT2D eigenvalue weighted by atomic mass is 9.76. The first-order chi connectivity index (χ1) is 11.2. The van der Waals surface area contributed by atoms with E-state index in [2.05, 4.69) is 6.58 Å². The van der Waals surface area contributed by atoms with Crippen molar-refractivity contribution in [3.8, 4) is 0 Å². The summed E-state index contributed by atoms with van der Waals surface area (Å²) in [6.45, 7) is 9.82. The van der Waals surface area contributed by atoms with Crippen LogP contribution in [0.1, 0.15) is 40.0 Å². The van der Waals surface area contributed by atoms with Crippen LogP contribution in [0.15, 0.2) is 47.6 Å². The molecule has 3 atom stereocenters. The lowest BCUT2D eigenvalue weighted by Crippen LogP contribution is -2.34. The number of carbonyl (C=O) groups excluding carboxylic acids is 1. The fraction of sp³-hybridized carbons (Fsp3) is 0.550. The highest BCUT2D eigenvalue weighted by atomic mass is 16.5. The summed E-state index contributed by atoms with van der Waals surface area (Å²) in [6, 6.07) is 0. The minimum absolute atomic E-state index is 0.0263. The van der Waals surface area contributed by atoms with Gasteiger partial charge in [-0.3, -0.25) is 0 Å². The van der Waals surface area contributed by atoms with Crippen LogP contribution in [0, 0.1) is 11.8 Å². The number of esters is 1. The molecule has 0 aromatic carbocycles. The minimum atomic E-state index is -0.930. The fourth-order valence-electron chi connectivity index (χ4n) is 3.34. The van der Waals surface area contributed by atoms with Crippen molar-refractivity contribution in [3.05, 3.63) is 47.6 Å². The van der Waals surface area contributed by atoms with Crippen LogP contribution < -0.4 is 0 Å². The van der Waals surface area contributed by atoms with Crippen molar-refractivity contribution >= 4 is 5.97 Å². The van der Waals surface area contributed by atoms with E-state index in [4.69, 9.17) is 4.74 Å². The van der Waals surface area contributed by atoms with Crippen molar-refractivity contribution in [2.75, 3.05) is 6.61 Å². The zero-order valence-electron chi connectivity index (χ0n) is 14.8. The van der Waals surface area contributed by atoms with Gasteiger partial charge < -0.3 is 14.9 Å². The van der Waals surface area contributed by atoms with Gasteiger partial charge >= 0.3 is 5.97 Å². The summed E-state index contributed by atoms with van der Waals surface area (Å²) in [5.74, 6) is -0.247. The molecule has 4 heteroatoms. The molecule has 0 unspecified atom stereocenters. The summed E-state index contributed by atoms with van der Waals surface area (Å²) in [5, 5.41) is 19.9. The summed E-state index contributed by atoms with van der Waals surface area (Å²) in [5.41, 5.74) is 1.74. The average molecular weight is 332 g/mol. The Hall–Kier alpha value is -1.65. The summed E-state index contributed by atoms with van der Waals surface area (Å²) in [4.78, 5) is 12.3. The van der Waals surface area contributed by atoms with Crippen LogP contribution in [0.2, 0.25) is 0 Å². The Kier molecular flexibility index (Phi) is 5.83. The molecule has 0 bridgehead atoms. The Morgan fingerprint density at radius 2 is 2.08 bits per heavy atom. The van der Waals surface area contributed by atoms with Crippen LogP contribution in [0.25, 0.3) is 0 Å². The number of cyclic esters (lactones) is 1. The van der Waals surface area contributed by atoms with Crippen molar-refractivity contribution in [1.82, 2.24) is 0 Å². The number of aliphatic hydroxyl groups is 2. The summed E-state index contributed by atoms with van der Waals surface area (Å²) in [7, 11) is 0. The molecule has 1 saturated heterocycles. The Morgan fingerprint density at radius 3 is 2.75 bits per heavy atom. The molecule has 4 nitrogen and oxygen atoms in total. The molecular weight excluding hydrogens is 304 g/mol. The van der Waals surface area contributed by atoms with Gasteiger partial charge in [0.1, 0.15) is 0 Å². The van der Waals surface area contributed by atoms with Crippen LogP contribution in [0.4, 0.5) is 0 Å². The smallest absolute Gasteiger partial charge is 0.334 e. The summed E-state index contributed by atoms with van der Waals surface area (Å²) < 4.78 is 5.35.